The molecule has 0 saturated carbocycles. The summed E-state index contributed by atoms with van der Waals surface area (Å²) in [4.78, 5) is 8.02. The molecule has 0 unspecified atom stereocenters. The molecule has 0 amide bonds. The summed E-state index contributed by atoms with van der Waals surface area (Å²) in [5.41, 5.74) is 0.935. The molecular formula is C13H16Cl2N4OSi. The molecule has 0 atom stereocenters. The minimum atomic E-state index is -1.12. The van der Waals surface area contributed by atoms with Crippen LogP contribution in [0.2, 0.25) is 36.1 Å². The zero-order valence-electron chi connectivity index (χ0n) is 12.2. The number of hydrogen-bond donors (Lipinski definition) is 0. The zero-order valence-corrected chi connectivity index (χ0v) is 14.7. The summed E-state index contributed by atoms with van der Waals surface area (Å²) >= 11 is 11.9. The van der Waals surface area contributed by atoms with Crippen molar-refractivity contribution in [1.82, 2.24) is 14.5 Å². The molecule has 2 heterocycles. The second-order valence-corrected chi connectivity index (χ2v) is 12.3. The molecule has 0 aromatic carbocycles. The Hall–Kier alpha value is -1.13. The van der Waals surface area contributed by atoms with Gasteiger partial charge in [-0.15, -0.1) is 0 Å². The van der Waals surface area contributed by atoms with Crippen LogP contribution in [0.1, 0.15) is 5.56 Å². The predicted octanol–water partition coefficient (Wildman–Crippen LogP) is 3.92. The van der Waals surface area contributed by atoms with Gasteiger partial charge >= 0.3 is 0 Å². The number of nitrogens with zero attached hydrogens (tertiary/aromatic N) is 4. The van der Waals surface area contributed by atoms with Crippen LogP contribution in [-0.2, 0) is 11.5 Å². The standard InChI is InChI=1S/C13H16Cl2N4OSi/c1-21(2,3)5-4-20-8-19-7-9(6-16)10-11(14)17-13(15)18-12(10)19/h7H,4-5,8H2,1-3H3. The number of hydrogen-bond acceptors (Lipinski definition) is 4. The third-order valence-corrected chi connectivity index (χ3v) is 5.14. The largest absolute Gasteiger partial charge is 0.361 e. The summed E-state index contributed by atoms with van der Waals surface area (Å²) in [7, 11) is -1.12. The Morgan fingerprint density at radius 3 is 2.67 bits per heavy atom. The van der Waals surface area contributed by atoms with E-state index in [1.807, 2.05) is 0 Å². The van der Waals surface area contributed by atoms with Crippen LogP contribution in [0.4, 0.5) is 0 Å². The Bertz CT molecular complexity index is 703. The molecule has 0 aliphatic heterocycles. The summed E-state index contributed by atoms with van der Waals surface area (Å²) in [6.45, 7) is 7.88. The summed E-state index contributed by atoms with van der Waals surface area (Å²) in [5, 5.41) is 9.92. The first-order valence-corrected chi connectivity index (χ1v) is 11.0. The lowest BCUT2D eigenvalue weighted by Crippen LogP contribution is -2.22. The minimum absolute atomic E-state index is 0.0541. The lowest BCUT2D eigenvalue weighted by molar-refractivity contribution is 0.0898. The summed E-state index contributed by atoms with van der Waals surface area (Å²) in [6, 6.07) is 3.17. The van der Waals surface area contributed by atoms with Gasteiger partial charge in [0.2, 0.25) is 5.28 Å². The molecule has 0 aliphatic carbocycles. The quantitative estimate of drug-likeness (QED) is 0.357. The highest BCUT2D eigenvalue weighted by Gasteiger charge is 2.16. The first-order valence-electron chi connectivity index (χ1n) is 6.51. The highest BCUT2D eigenvalue weighted by Crippen LogP contribution is 2.27. The van der Waals surface area contributed by atoms with Gasteiger partial charge in [-0.2, -0.15) is 10.2 Å². The van der Waals surface area contributed by atoms with E-state index in [4.69, 9.17) is 27.9 Å². The first kappa shape index (κ1) is 16.2. The van der Waals surface area contributed by atoms with E-state index in [9.17, 15) is 5.26 Å². The van der Waals surface area contributed by atoms with Gasteiger partial charge in [-0.1, -0.05) is 31.2 Å². The van der Waals surface area contributed by atoms with E-state index in [2.05, 4.69) is 35.7 Å². The summed E-state index contributed by atoms with van der Waals surface area (Å²) in [6.07, 6.45) is 1.66. The van der Waals surface area contributed by atoms with Gasteiger partial charge in [-0.25, -0.2) is 4.98 Å². The molecule has 0 spiro atoms. The van der Waals surface area contributed by atoms with Crippen LogP contribution in [0.5, 0.6) is 0 Å². The fourth-order valence-corrected chi connectivity index (χ4v) is 3.07. The molecule has 0 aliphatic rings. The van der Waals surface area contributed by atoms with Crippen LogP contribution in [0.15, 0.2) is 6.20 Å². The molecule has 8 heteroatoms. The number of aromatic nitrogens is 3. The van der Waals surface area contributed by atoms with Crippen molar-refractivity contribution in [2.45, 2.75) is 32.4 Å². The fourth-order valence-electron chi connectivity index (χ4n) is 1.84. The molecule has 0 N–H and O–H groups in total. The highest BCUT2D eigenvalue weighted by atomic mass is 35.5. The monoisotopic (exact) mass is 342 g/mol. The van der Waals surface area contributed by atoms with Gasteiger partial charge in [-0.3, -0.25) is 0 Å². The molecule has 2 aromatic heterocycles. The van der Waals surface area contributed by atoms with E-state index >= 15 is 0 Å². The molecule has 2 aromatic rings. The van der Waals surface area contributed by atoms with Gasteiger partial charge in [0.05, 0.1) is 10.9 Å². The second kappa shape index (κ2) is 6.32. The van der Waals surface area contributed by atoms with Crippen LogP contribution >= 0.6 is 23.2 Å². The van der Waals surface area contributed by atoms with Gasteiger partial charge < -0.3 is 9.30 Å². The Labute approximate surface area is 134 Å². The van der Waals surface area contributed by atoms with E-state index < -0.39 is 8.07 Å². The van der Waals surface area contributed by atoms with Gasteiger partial charge in [0.25, 0.3) is 0 Å². The average molecular weight is 343 g/mol. The number of rotatable bonds is 5. The average Bonchev–Trinajstić information content (AvgIpc) is 2.72. The topological polar surface area (TPSA) is 63.7 Å². The highest BCUT2D eigenvalue weighted by molar-refractivity contribution is 6.76. The van der Waals surface area contributed by atoms with Crippen LogP contribution in [0.3, 0.4) is 0 Å². The van der Waals surface area contributed by atoms with Crippen molar-refractivity contribution in [2.75, 3.05) is 6.61 Å². The first-order chi connectivity index (χ1) is 9.81. The maximum Gasteiger partial charge on any atom is 0.225 e. The van der Waals surface area contributed by atoms with Crippen molar-refractivity contribution < 1.29 is 4.74 Å². The molecule has 5 nitrogen and oxygen atoms in total. The van der Waals surface area contributed by atoms with E-state index in [1.165, 1.54) is 0 Å². The molecule has 0 fully saturated rings. The summed E-state index contributed by atoms with van der Waals surface area (Å²) < 4.78 is 7.42. The van der Waals surface area contributed by atoms with Crippen LogP contribution < -0.4 is 0 Å². The Morgan fingerprint density at radius 2 is 2.05 bits per heavy atom. The van der Waals surface area contributed by atoms with Gasteiger partial charge in [0.1, 0.15) is 23.6 Å². The van der Waals surface area contributed by atoms with E-state index in [0.717, 1.165) is 6.04 Å². The second-order valence-electron chi connectivity index (χ2n) is 5.95. The van der Waals surface area contributed by atoms with Gasteiger partial charge in [0, 0.05) is 20.9 Å². The third-order valence-electron chi connectivity index (χ3n) is 2.99. The van der Waals surface area contributed by atoms with Crippen molar-refractivity contribution in [2.24, 2.45) is 0 Å². The van der Waals surface area contributed by atoms with Crippen LogP contribution in [0, 0.1) is 11.3 Å². The van der Waals surface area contributed by atoms with E-state index in [1.54, 1.807) is 10.8 Å². The number of nitriles is 1. The Balaban J connectivity index is 2.23. The Kier molecular flexibility index (Phi) is 4.89. The van der Waals surface area contributed by atoms with Crippen molar-refractivity contribution in [3.8, 4) is 6.07 Å². The molecule has 0 saturated heterocycles. The number of ether oxygens (including phenoxy) is 1. The summed E-state index contributed by atoms with van der Waals surface area (Å²) in [5.74, 6) is 0. The normalized spacial score (nSPS) is 11.8. The van der Waals surface area contributed by atoms with Crippen molar-refractivity contribution in [1.29, 1.82) is 5.26 Å². The lowest BCUT2D eigenvalue weighted by Gasteiger charge is -2.15. The molecule has 0 radical (unpaired) electrons. The van der Waals surface area contributed by atoms with Crippen molar-refractivity contribution >= 4 is 42.3 Å². The fraction of sp³-hybridized carbons (Fsp3) is 0.462. The van der Waals surface area contributed by atoms with Crippen LogP contribution in [0.25, 0.3) is 11.0 Å². The minimum Gasteiger partial charge on any atom is -0.361 e. The maximum atomic E-state index is 9.18. The maximum absolute atomic E-state index is 9.18. The number of fused-ring (bicyclic) bond motifs is 1. The van der Waals surface area contributed by atoms with Crippen LogP contribution in [-0.4, -0.2) is 29.2 Å². The predicted molar refractivity (Wildman–Crippen MR) is 86.4 cm³/mol. The molecule has 21 heavy (non-hydrogen) atoms. The van der Waals surface area contributed by atoms with E-state index in [-0.39, 0.29) is 10.4 Å². The van der Waals surface area contributed by atoms with Gasteiger partial charge in [0.15, 0.2) is 0 Å². The molecule has 112 valence electrons. The molecule has 0 bridgehead atoms. The van der Waals surface area contributed by atoms with Gasteiger partial charge in [-0.05, 0) is 17.6 Å². The van der Waals surface area contributed by atoms with E-state index in [0.29, 0.717) is 29.9 Å². The Morgan fingerprint density at radius 1 is 1.33 bits per heavy atom. The van der Waals surface area contributed by atoms with Crippen molar-refractivity contribution in [3.05, 3.63) is 22.2 Å². The molecular weight excluding hydrogens is 327 g/mol. The SMILES string of the molecule is C[Si](C)(C)CCOCn1cc(C#N)c2c(Cl)nc(Cl)nc21. The zero-order chi connectivity index (χ0) is 15.6. The smallest absolute Gasteiger partial charge is 0.225 e. The van der Waals surface area contributed by atoms with Crippen molar-refractivity contribution in [3.63, 3.8) is 0 Å². The molecule has 2 rings (SSSR count). The third kappa shape index (κ3) is 3.95. The lowest BCUT2D eigenvalue weighted by atomic mass is 10.3. The number of halogens is 2.